The molecule has 0 aromatic heterocycles. The van der Waals surface area contributed by atoms with E-state index in [1.807, 2.05) is 20.8 Å². The number of nitrogens with one attached hydrogen (secondary N) is 1. The molecule has 6 heteroatoms. The van der Waals surface area contributed by atoms with Crippen LogP contribution < -0.4 is 5.32 Å². The van der Waals surface area contributed by atoms with Crippen LogP contribution in [0.1, 0.15) is 53.4 Å². The summed E-state index contributed by atoms with van der Waals surface area (Å²) in [5, 5.41) is 3.25. The van der Waals surface area contributed by atoms with Crippen molar-refractivity contribution < 1.29 is 18.3 Å². The molecule has 2 fully saturated rings. The topological polar surface area (TPSA) is 41.6 Å². The van der Waals surface area contributed by atoms with Crippen LogP contribution in [-0.4, -0.2) is 48.2 Å². The number of rotatable bonds is 4. The normalized spacial score (nSPS) is 25.0. The van der Waals surface area contributed by atoms with E-state index in [4.69, 9.17) is 4.74 Å². The summed E-state index contributed by atoms with van der Waals surface area (Å²) in [6.07, 6.45) is 2.48. The van der Waals surface area contributed by atoms with E-state index in [9.17, 15) is 13.6 Å². The van der Waals surface area contributed by atoms with Crippen LogP contribution in [0.2, 0.25) is 0 Å². The van der Waals surface area contributed by atoms with Crippen LogP contribution in [0.15, 0.2) is 0 Å². The van der Waals surface area contributed by atoms with Crippen molar-refractivity contribution in [3.8, 4) is 0 Å². The summed E-state index contributed by atoms with van der Waals surface area (Å²) in [4.78, 5) is 13.6. The molecule has 0 spiro atoms. The Balaban J connectivity index is 1.81. The van der Waals surface area contributed by atoms with Gasteiger partial charge in [0, 0.05) is 31.1 Å². The maximum atomic E-state index is 13.8. The second-order valence-electron chi connectivity index (χ2n) is 7.82. The van der Waals surface area contributed by atoms with Gasteiger partial charge in [-0.15, -0.1) is 0 Å². The molecule has 128 valence electrons. The molecule has 2 aliphatic rings. The fraction of sp³-hybridized carbons (Fsp3) is 0.938. The highest BCUT2D eigenvalue weighted by atomic mass is 19.3. The number of hydrogen-bond donors (Lipinski definition) is 1. The maximum Gasteiger partial charge on any atom is 0.410 e. The summed E-state index contributed by atoms with van der Waals surface area (Å²) in [6.45, 7) is 7.99. The largest absolute Gasteiger partial charge is 0.444 e. The molecular formula is C16H28F2N2O2. The molecule has 1 amide bonds. The van der Waals surface area contributed by atoms with Crippen molar-refractivity contribution in [2.75, 3.05) is 19.6 Å². The molecular weight excluding hydrogens is 290 g/mol. The first kappa shape index (κ1) is 17.4. The van der Waals surface area contributed by atoms with Gasteiger partial charge in [-0.2, -0.15) is 0 Å². The van der Waals surface area contributed by atoms with Crippen LogP contribution in [0.4, 0.5) is 13.6 Å². The molecule has 0 unspecified atom stereocenters. The molecule has 1 N–H and O–H groups in total. The van der Waals surface area contributed by atoms with Gasteiger partial charge in [0.25, 0.3) is 5.92 Å². The Morgan fingerprint density at radius 2 is 1.95 bits per heavy atom. The lowest BCUT2D eigenvalue weighted by molar-refractivity contribution is -0.146. The fourth-order valence-electron chi connectivity index (χ4n) is 3.13. The van der Waals surface area contributed by atoms with Crippen LogP contribution in [0.25, 0.3) is 0 Å². The molecule has 1 saturated carbocycles. The van der Waals surface area contributed by atoms with E-state index >= 15 is 0 Å². The number of likely N-dealkylation sites (tertiary alicyclic amines) is 1. The van der Waals surface area contributed by atoms with Gasteiger partial charge < -0.3 is 15.0 Å². The fourth-order valence-corrected chi connectivity index (χ4v) is 3.13. The van der Waals surface area contributed by atoms with Gasteiger partial charge in [0.1, 0.15) is 5.60 Å². The van der Waals surface area contributed by atoms with E-state index < -0.39 is 16.9 Å². The van der Waals surface area contributed by atoms with Crippen molar-refractivity contribution >= 4 is 6.09 Å². The molecule has 0 bridgehead atoms. The highest BCUT2D eigenvalue weighted by Gasteiger charge is 2.53. The van der Waals surface area contributed by atoms with Crippen LogP contribution in [0, 0.1) is 5.41 Å². The third-order valence-corrected chi connectivity index (χ3v) is 4.81. The van der Waals surface area contributed by atoms with E-state index in [1.165, 1.54) is 0 Å². The predicted octanol–water partition coefficient (Wildman–Crippen LogP) is 3.41. The molecule has 1 atom stereocenters. The number of alkyl halides is 2. The number of carbonyl (C=O) groups is 1. The minimum Gasteiger partial charge on any atom is -0.444 e. The summed E-state index contributed by atoms with van der Waals surface area (Å²) in [5.41, 5.74) is -1.41. The van der Waals surface area contributed by atoms with Gasteiger partial charge >= 0.3 is 6.09 Å². The van der Waals surface area contributed by atoms with Gasteiger partial charge in [0.05, 0.1) is 0 Å². The molecule has 1 heterocycles. The highest BCUT2D eigenvalue weighted by molar-refractivity contribution is 5.68. The van der Waals surface area contributed by atoms with Crippen molar-refractivity contribution in [2.24, 2.45) is 5.41 Å². The number of hydrogen-bond acceptors (Lipinski definition) is 3. The Hall–Kier alpha value is -0.910. The molecule has 1 aliphatic heterocycles. The quantitative estimate of drug-likeness (QED) is 0.863. The second-order valence-corrected chi connectivity index (χ2v) is 7.82. The lowest BCUT2D eigenvalue weighted by Gasteiger charge is -2.46. The Morgan fingerprint density at radius 3 is 2.41 bits per heavy atom. The van der Waals surface area contributed by atoms with E-state index in [0.717, 1.165) is 19.8 Å². The van der Waals surface area contributed by atoms with Crippen LogP contribution in [0.3, 0.4) is 0 Å². The number of halogens is 2. The third kappa shape index (κ3) is 3.89. The van der Waals surface area contributed by atoms with Crippen LogP contribution in [-0.2, 0) is 4.74 Å². The Bertz CT molecular complexity index is 411. The minimum absolute atomic E-state index is 0.0762. The first-order valence-electron chi connectivity index (χ1n) is 8.12. The highest BCUT2D eigenvalue weighted by Crippen LogP contribution is 2.51. The van der Waals surface area contributed by atoms with Gasteiger partial charge in [0.15, 0.2) is 0 Å². The molecule has 0 aromatic carbocycles. The van der Waals surface area contributed by atoms with Crippen LogP contribution >= 0.6 is 0 Å². The minimum atomic E-state index is -2.65. The summed E-state index contributed by atoms with van der Waals surface area (Å²) >= 11 is 0. The van der Waals surface area contributed by atoms with E-state index in [2.05, 4.69) is 5.32 Å². The number of ether oxygens (including phenoxy) is 1. The van der Waals surface area contributed by atoms with Gasteiger partial charge in [-0.25, -0.2) is 13.6 Å². The van der Waals surface area contributed by atoms with Gasteiger partial charge in [-0.3, -0.25) is 0 Å². The zero-order valence-corrected chi connectivity index (χ0v) is 14.0. The molecule has 0 aromatic rings. The van der Waals surface area contributed by atoms with Crippen molar-refractivity contribution in [1.82, 2.24) is 10.2 Å². The van der Waals surface area contributed by atoms with Crippen molar-refractivity contribution in [3.63, 3.8) is 0 Å². The van der Waals surface area contributed by atoms with Crippen molar-refractivity contribution in [1.29, 1.82) is 0 Å². The summed E-state index contributed by atoms with van der Waals surface area (Å²) in [7, 11) is 0. The van der Waals surface area contributed by atoms with E-state index in [0.29, 0.717) is 32.5 Å². The zero-order chi connectivity index (χ0) is 16.6. The third-order valence-electron chi connectivity index (χ3n) is 4.81. The lowest BCUT2D eigenvalue weighted by Crippen LogP contribution is -2.53. The van der Waals surface area contributed by atoms with E-state index in [1.54, 1.807) is 4.90 Å². The first-order valence-corrected chi connectivity index (χ1v) is 8.12. The number of amides is 1. The lowest BCUT2D eigenvalue weighted by atomic mass is 9.64. The standard InChI is InChI=1S/C16H28F2N2O2/c1-14(2,3)22-13(21)20-9-6-12(10-20)19-11-16(7-5-8-16)15(4,17)18/h12,19H,5-11H2,1-4H3/t12-/m0/s1. The second kappa shape index (κ2) is 5.95. The van der Waals surface area contributed by atoms with Crippen molar-refractivity contribution in [2.45, 2.75) is 70.9 Å². The molecule has 1 aliphatic carbocycles. The summed E-state index contributed by atoms with van der Waals surface area (Å²) in [6, 6.07) is 0.0762. The average molecular weight is 318 g/mol. The molecule has 4 nitrogen and oxygen atoms in total. The number of carbonyl (C=O) groups excluding carboxylic acids is 1. The molecule has 0 radical (unpaired) electrons. The SMILES string of the molecule is CC(C)(C)OC(=O)N1CC[C@H](NCC2(C(C)(F)F)CCC2)C1. The first-order chi connectivity index (χ1) is 10.0. The Morgan fingerprint density at radius 1 is 1.32 bits per heavy atom. The predicted molar refractivity (Wildman–Crippen MR) is 81.1 cm³/mol. The molecule has 22 heavy (non-hydrogen) atoms. The monoisotopic (exact) mass is 318 g/mol. The van der Waals surface area contributed by atoms with Gasteiger partial charge in [0.2, 0.25) is 0 Å². The number of nitrogens with zero attached hydrogens (tertiary/aromatic N) is 1. The van der Waals surface area contributed by atoms with Gasteiger partial charge in [-0.05, 0) is 47.0 Å². The molecule has 1 saturated heterocycles. The maximum absolute atomic E-state index is 13.8. The smallest absolute Gasteiger partial charge is 0.410 e. The molecule has 2 rings (SSSR count). The van der Waals surface area contributed by atoms with E-state index in [-0.39, 0.29) is 12.1 Å². The summed E-state index contributed by atoms with van der Waals surface area (Å²) in [5.74, 6) is -2.65. The van der Waals surface area contributed by atoms with Crippen molar-refractivity contribution in [3.05, 3.63) is 0 Å². The van der Waals surface area contributed by atoms with Crippen LogP contribution in [0.5, 0.6) is 0 Å². The average Bonchev–Trinajstić information content (AvgIpc) is 2.71. The zero-order valence-electron chi connectivity index (χ0n) is 14.0. The Kier molecular flexibility index (Phi) is 4.71. The Labute approximate surface area is 131 Å². The summed E-state index contributed by atoms with van der Waals surface area (Å²) < 4.78 is 32.9. The van der Waals surface area contributed by atoms with Gasteiger partial charge in [-0.1, -0.05) is 6.42 Å².